The number of hydrogen-bond acceptors (Lipinski definition) is 13. The van der Waals surface area contributed by atoms with Gasteiger partial charge in [0, 0.05) is 85.2 Å². The first-order valence-corrected chi connectivity index (χ1v) is 26.2. The molecule has 2 aromatic heterocycles. The second-order valence-electron chi connectivity index (χ2n) is 20.7. The number of nitrogens with one attached hydrogen (secondary N) is 4. The molecule has 18 nitrogen and oxygen atoms in total. The second-order valence-corrected chi connectivity index (χ2v) is 21.2. The van der Waals surface area contributed by atoms with E-state index in [1.54, 1.807) is 0 Å². The van der Waals surface area contributed by atoms with Crippen LogP contribution in [0.3, 0.4) is 0 Å². The molecule has 3 amide bonds. The Morgan fingerprint density at radius 1 is 0.908 bits per heavy atom. The fourth-order valence-corrected chi connectivity index (χ4v) is 9.93. The number of aliphatic imine (C=N–C) groups is 2. The first-order valence-electron chi connectivity index (χ1n) is 25.8. The van der Waals surface area contributed by atoms with Crippen molar-refractivity contribution in [3.05, 3.63) is 128 Å². The summed E-state index contributed by atoms with van der Waals surface area (Å²) >= 11 is 6.26. The average molecular weight is 1060 g/mol. The van der Waals surface area contributed by atoms with Gasteiger partial charge in [-0.3, -0.25) is 28.9 Å². The molecular formula is C57H69ClN10O8. The SMILES string of the molecule is CC1=C(c2ccc(CNC3[C@@H](C=O)N(C(=O)C(NC(=O)COCCCOCCCOc4ccc(NC(=O)CC5N=C(c6ccc(Cl)cc6)c6c([nH]c(C)c6C)-n6c(C)nnc65)c(C)c4)C(C)(C)C)C[C@@H]3O)cc2)CC=N1. The van der Waals surface area contributed by atoms with Crippen LogP contribution in [0.4, 0.5) is 5.69 Å². The second kappa shape index (κ2) is 24.4. The number of aldehydes is 1. The zero-order valence-electron chi connectivity index (χ0n) is 44.5. The van der Waals surface area contributed by atoms with Crippen molar-refractivity contribution < 1.29 is 38.5 Å². The summed E-state index contributed by atoms with van der Waals surface area (Å²) in [6, 6.07) is 17.9. The first kappa shape index (κ1) is 55.4. The smallest absolute Gasteiger partial charge is 0.246 e. The van der Waals surface area contributed by atoms with Gasteiger partial charge in [-0.25, -0.2) is 0 Å². The average Bonchev–Trinajstić information content (AvgIpc) is 4.16. The minimum Gasteiger partial charge on any atom is -0.493 e. The van der Waals surface area contributed by atoms with Gasteiger partial charge in [0.05, 0.1) is 30.9 Å². The van der Waals surface area contributed by atoms with Gasteiger partial charge in [0.1, 0.15) is 48.4 Å². The highest BCUT2D eigenvalue weighted by Gasteiger charge is 2.47. The number of nitrogens with zero attached hydrogens (tertiary/aromatic N) is 6. The summed E-state index contributed by atoms with van der Waals surface area (Å²) in [6.07, 6.45) is 3.60. The third-order valence-electron chi connectivity index (χ3n) is 14.1. The Morgan fingerprint density at radius 2 is 1.62 bits per heavy atom. The monoisotopic (exact) mass is 1060 g/mol. The van der Waals surface area contributed by atoms with Crippen LogP contribution in [0, 0.1) is 33.1 Å². The maximum absolute atomic E-state index is 14.0. The minimum absolute atomic E-state index is 0.0282. The third kappa shape index (κ3) is 12.9. The van der Waals surface area contributed by atoms with Crippen molar-refractivity contribution in [3.8, 4) is 11.6 Å². The van der Waals surface area contributed by atoms with Gasteiger partial charge in [-0.2, -0.15) is 0 Å². The highest BCUT2D eigenvalue weighted by Crippen LogP contribution is 2.36. The van der Waals surface area contributed by atoms with Gasteiger partial charge in [-0.15, -0.1) is 10.2 Å². The molecule has 3 aliphatic heterocycles. The highest BCUT2D eigenvalue weighted by molar-refractivity contribution is 6.30. The number of anilines is 1. The van der Waals surface area contributed by atoms with E-state index in [2.05, 4.69) is 36.1 Å². The lowest BCUT2D eigenvalue weighted by Gasteiger charge is -2.35. The van der Waals surface area contributed by atoms with E-state index in [-0.39, 0.29) is 32.1 Å². The van der Waals surface area contributed by atoms with E-state index < -0.39 is 47.5 Å². The number of aryl methyl sites for hydroxylation is 3. The Balaban J connectivity index is 0.733. The van der Waals surface area contributed by atoms with Crippen LogP contribution in [0.5, 0.6) is 5.75 Å². The fraction of sp³-hybridized carbons (Fsp3) is 0.439. The molecule has 402 valence electrons. The van der Waals surface area contributed by atoms with Crippen LogP contribution in [0.1, 0.15) is 110 Å². The lowest BCUT2D eigenvalue weighted by atomic mass is 9.85. The van der Waals surface area contributed by atoms with Gasteiger partial charge in [0.25, 0.3) is 0 Å². The number of allylic oxidation sites excluding steroid dienone is 2. The van der Waals surface area contributed by atoms with Crippen LogP contribution in [-0.2, 0) is 35.2 Å². The summed E-state index contributed by atoms with van der Waals surface area (Å²) in [4.78, 5) is 67.7. The number of aliphatic hydroxyl groups is 1. The zero-order valence-corrected chi connectivity index (χ0v) is 45.3. The summed E-state index contributed by atoms with van der Waals surface area (Å²) in [5.74, 6) is 1.57. The molecule has 1 saturated heterocycles. The molecule has 0 bridgehead atoms. The van der Waals surface area contributed by atoms with Gasteiger partial charge in [0.15, 0.2) is 5.82 Å². The van der Waals surface area contributed by atoms with E-state index in [4.69, 9.17) is 30.8 Å². The van der Waals surface area contributed by atoms with Crippen LogP contribution in [0.15, 0.2) is 82.4 Å². The number of amides is 3. The molecule has 1 fully saturated rings. The fourth-order valence-electron chi connectivity index (χ4n) is 9.81. The Morgan fingerprint density at radius 3 is 2.30 bits per heavy atom. The molecule has 8 rings (SSSR count). The van der Waals surface area contributed by atoms with Gasteiger partial charge >= 0.3 is 0 Å². The van der Waals surface area contributed by atoms with Crippen molar-refractivity contribution >= 4 is 58.8 Å². The molecule has 5 heterocycles. The Hall–Kier alpha value is -6.83. The standard InChI is InChI=1S/C57H69ClN10O8/c1-33-27-42(19-20-44(33)62-48(71)28-45-54-66-65-37(5)68(54)55-50(34(2)35(3)61-55)51(63-45)40-15-17-41(58)18-16-40)76-26-10-24-74-23-9-25-75-32-49(72)64-53(57(6,7)8)56(73)67-30-47(70)52(46(67)31-69)60-29-38-11-13-39(14-12-38)43-21-22-59-36(43)4/h11-20,22,27,31,45-47,52-53,60-61,70H,9-10,21,23-26,28-30,32H2,1-8H3,(H,62,71)(H,64,72)/t45?,46-,47+,52?,53?/m1/s1. The lowest BCUT2D eigenvalue weighted by molar-refractivity contribution is -0.142. The summed E-state index contributed by atoms with van der Waals surface area (Å²) < 4.78 is 19.4. The van der Waals surface area contributed by atoms with Crippen molar-refractivity contribution in [2.45, 2.75) is 118 Å². The maximum Gasteiger partial charge on any atom is 0.246 e. The highest BCUT2D eigenvalue weighted by atomic mass is 35.5. The summed E-state index contributed by atoms with van der Waals surface area (Å²) in [6.45, 7) is 17.0. The largest absolute Gasteiger partial charge is 0.493 e. The van der Waals surface area contributed by atoms with Crippen molar-refractivity contribution in [2.75, 3.05) is 44.9 Å². The molecule has 0 radical (unpaired) electrons. The van der Waals surface area contributed by atoms with E-state index in [1.807, 2.05) is 133 Å². The van der Waals surface area contributed by atoms with Crippen molar-refractivity contribution in [1.29, 1.82) is 0 Å². The van der Waals surface area contributed by atoms with E-state index >= 15 is 0 Å². The predicted molar refractivity (Wildman–Crippen MR) is 292 cm³/mol. The molecule has 5 aromatic rings. The van der Waals surface area contributed by atoms with Crippen molar-refractivity contribution in [3.63, 3.8) is 0 Å². The number of likely N-dealkylation sites (tertiary alicyclic amines) is 1. The molecule has 0 saturated carbocycles. The van der Waals surface area contributed by atoms with Gasteiger partial charge in [-0.05, 0) is 105 Å². The molecule has 5 N–H and O–H groups in total. The van der Waals surface area contributed by atoms with Gasteiger partial charge < -0.3 is 49.9 Å². The molecule has 3 unspecified atom stereocenters. The number of carbonyl (C=O) groups is 4. The molecule has 5 atom stereocenters. The molecule has 0 spiro atoms. The van der Waals surface area contributed by atoms with E-state index in [9.17, 15) is 24.3 Å². The minimum atomic E-state index is -0.988. The van der Waals surface area contributed by atoms with Crippen LogP contribution in [0.2, 0.25) is 5.02 Å². The number of benzene rings is 3. The number of carbonyl (C=O) groups excluding carboxylic acids is 4. The molecule has 0 aliphatic carbocycles. The van der Waals surface area contributed by atoms with Gasteiger partial charge in [0.2, 0.25) is 17.7 Å². The molecule has 76 heavy (non-hydrogen) atoms. The van der Waals surface area contributed by atoms with Crippen LogP contribution < -0.4 is 20.7 Å². The number of hydrogen-bond donors (Lipinski definition) is 5. The molecular weight excluding hydrogens is 988 g/mol. The first-order chi connectivity index (χ1) is 36.4. The number of aromatic amines is 1. The topological polar surface area (TPSA) is 227 Å². The zero-order chi connectivity index (χ0) is 54.3. The van der Waals surface area contributed by atoms with Crippen LogP contribution in [-0.4, -0.2) is 129 Å². The van der Waals surface area contributed by atoms with E-state index in [0.29, 0.717) is 73.6 Å². The molecule has 3 aliphatic rings. The predicted octanol–water partition coefficient (Wildman–Crippen LogP) is 7.26. The number of halogens is 1. The van der Waals surface area contributed by atoms with Crippen LogP contribution in [0.25, 0.3) is 11.4 Å². The number of aromatic nitrogens is 4. The van der Waals surface area contributed by atoms with Gasteiger partial charge in [-0.1, -0.05) is 68.8 Å². The summed E-state index contributed by atoms with van der Waals surface area (Å²) in [5, 5.41) is 29.7. The van der Waals surface area contributed by atoms with Crippen LogP contribution >= 0.6 is 11.6 Å². The Kier molecular flexibility index (Phi) is 17.8. The number of fused-ring (bicyclic) bond motifs is 3. The summed E-state index contributed by atoms with van der Waals surface area (Å²) in [5.41, 5.74) is 9.63. The Labute approximate surface area is 448 Å². The maximum atomic E-state index is 14.0. The number of rotatable bonds is 22. The number of β-amino-alcohol motifs (C(OH)–C–C–N with tert-alkyl or cyclic N) is 1. The number of ether oxygens (including phenoxy) is 3. The van der Waals surface area contributed by atoms with E-state index in [0.717, 1.165) is 62.7 Å². The Bertz CT molecular complexity index is 3010. The molecule has 3 aromatic carbocycles. The van der Waals surface area contributed by atoms with E-state index in [1.165, 1.54) is 10.5 Å². The normalized spacial score (nSPS) is 18.5. The quantitative estimate of drug-likeness (QED) is 0.0342. The molecule has 19 heteroatoms. The number of H-pyrrole nitrogens is 1. The van der Waals surface area contributed by atoms with Crippen molar-refractivity contribution in [2.24, 2.45) is 15.4 Å². The number of aliphatic hydroxyl groups excluding tert-OH is 1. The third-order valence-corrected chi connectivity index (χ3v) is 14.3. The van der Waals surface area contributed by atoms with Crippen molar-refractivity contribution in [1.82, 2.24) is 35.3 Å². The lowest BCUT2D eigenvalue weighted by Crippen LogP contribution is -2.57. The summed E-state index contributed by atoms with van der Waals surface area (Å²) in [7, 11) is 0.